The summed E-state index contributed by atoms with van der Waals surface area (Å²) in [6.07, 6.45) is 2.88. The molecule has 0 aliphatic heterocycles. The van der Waals surface area contributed by atoms with Crippen LogP contribution in [0.25, 0.3) is 17.0 Å². The van der Waals surface area contributed by atoms with E-state index >= 15 is 0 Å². The number of hydrogen-bond acceptors (Lipinski definition) is 5. The molecule has 8 heteroatoms. The van der Waals surface area contributed by atoms with Gasteiger partial charge in [-0.3, -0.25) is 14.6 Å². The van der Waals surface area contributed by atoms with Crippen LogP contribution in [0, 0.1) is 6.92 Å². The quantitative estimate of drug-likeness (QED) is 0.295. The SMILES string of the molecule is Cc1cc(C(=O)NCc2cccc(O)c2)ccc1C(=O)N/C(=C\c1cnc2ccccc2c1)C(=O)O. The first-order chi connectivity index (χ1) is 17.3. The molecule has 0 atom stereocenters. The molecule has 36 heavy (non-hydrogen) atoms. The number of carbonyl (C=O) groups excluding carboxylic acids is 2. The van der Waals surface area contributed by atoms with Crippen molar-refractivity contribution >= 4 is 34.8 Å². The largest absolute Gasteiger partial charge is 0.508 e. The van der Waals surface area contributed by atoms with Crippen molar-refractivity contribution < 1.29 is 24.6 Å². The molecule has 4 rings (SSSR count). The molecule has 0 aliphatic rings. The molecule has 0 bridgehead atoms. The zero-order valence-corrected chi connectivity index (χ0v) is 19.4. The first-order valence-corrected chi connectivity index (χ1v) is 11.1. The number of nitrogens with zero attached hydrogens (tertiary/aromatic N) is 1. The summed E-state index contributed by atoms with van der Waals surface area (Å²) < 4.78 is 0. The van der Waals surface area contributed by atoms with Gasteiger partial charge in [0, 0.05) is 29.3 Å². The average Bonchev–Trinajstić information content (AvgIpc) is 2.86. The Labute approximate surface area is 206 Å². The molecule has 1 heterocycles. The van der Waals surface area contributed by atoms with E-state index in [4.69, 9.17) is 0 Å². The molecule has 3 aromatic carbocycles. The van der Waals surface area contributed by atoms with Crippen LogP contribution < -0.4 is 10.6 Å². The van der Waals surface area contributed by atoms with Crippen LogP contribution in [0.15, 0.2) is 84.7 Å². The number of hydrogen-bond donors (Lipinski definition) is 4. The molecular formula is C28H23N3O5. The summed E-state index contributed by atoms with van der Waals surface area (Å²) in [5.74, 6) is -2.14. The highest BCUT2D eigenvalue weighted by molar-refractivity contribution is 6.04. The Hall–Kier alpha value is -4.98. The third-order valence-corrected chi connectivity index (χ3v) is 5.50. The Morgan fingerprint density at radius 2 is 1.75 bits per heavy atom. The maximum Gasteiger partial charge on any atom is 0.352 e. The van der Waals surface area contributed by atoms with Crippen molar-refractivity contribution in [3.63, 3.8) is 0 Å². The van der Waals surface area contributed by atoms with Gasteiger partial charge in [0.25, 0.3) is 11.8 Å². The number of aromatic hydroxyl groups is 1. The third kappa shape index (κ3) is 5.74. The number of rotatable bonds is 7. The molecule has 4 aromatic rings. The monoisotopic (exact) mass is 481 g/mol. The molecule has 4 N–H and O–H groups in total. The lowest BCUT2D eigenvalue weighted by Crippen LogP contribution is -2.28. The minimum absolute atomic E-state index is 0.111. The van der Waals surface area contributed by atoms with Crippen LogP contribution in [0.5, 0.6) is 5.75 Å². The van der Waals surface area contributed by atoms with Crippen molar-refractivity contribution in [3.8, 4) is 5.75 Å². The van der Waals surface area contributed by atoms with E-state index in [2.05, 4.69) is 15.6 Å². The van der Waals surface area contributed by atoms with Crippen molar-refractivity contribution in [2.75, 3.05) is 0 Å². The van der Waals surface area contributed by atoms with Crippen LogP contribution in [0.1, 0.15) is 37.4 Å². The number of amides is 2. The van der Waals surface area contributed by atoms with Crippen LogP contribution in [-0.2, 0) is 11.3 Å². The number of phenols is 1. The molecule has 180 valence electrons. The molecule has 2 amide bonds. The molecular weight excluding hydrogens is 458 g/mol. The maximum atomic E-state index is 12.9. The zero-order chi connectivity index (χ0) is 25.7. The van der Waals surface area contributed by atoms with Crippen LogP contribution >= 0.6 is 0 Å². The zero-order valence-electron chi connectivity index (χ0n) is 19.4. The number of carboxylic acid groups (broad SMARTS) is 1. The van der Waals surface area contributed by atoms with Crippen LogP contribution in [0.2, 0.25) is 0 Å². The molecule has 0 unspecified atom stereocenters. The van der Waals surface area contributed by atoms with Gasteiger partial charge in [-0.1, -0.05) is 30.3 Å². The van der Waals surface area contributed by atoms with E-state index in [1.54, 1.807) is 43.3 Å². The van der Waals surface area contributed by atoms with Gasteiger partial charge < -0.3 is 20.8 Å². The molecule has 0 saturated carbocycles. The summed E-state index contributed by atoms with van der Waals surface area (Å²) in [5.41, 5.74) is 2.84. The first kappa shape index (κ1) is 24.2. The lowest BCUT2D eigenvalue weighted by molar-refractivity contribution is -0.132. The molecule has 0 aliphatic carbocycles. The lowest BCUT2D eigenvalue weighted by atomic mass is 10.0. The van der Waals surface area contributed by atoms with Gasteiger partial charge >= 0.3 is 5.97 Å². The van der Waals surface area contributed by atoms with Crippen LogP contribution in [-0.4, -0.2) is 33.0 Å². The highest BCUT2D eigenvalue weighted by Gasteiger charge is 2.17. The number of pyridine rings is 1. The minimum Gasteiger partial charge on any atom is -0.508 e. The highest BCUT2D eigenvalue weighted by Crippen LogP contribution is 2.16. The number of phenolic OH excluding ortho intramolecular Hbond substituents is 1. The van der Waals surface area contributed by atoms with Gasteiger partial charge in [-0.05, 0) is 72.2 Å². The molecule has 8 nitrogen and oxygen atoms in total. The van der Waals surface area contributed by atoms with Gasteiger partial charge in [0.05, 0.1) is 5.52 Å². The van der Waals surface area contributed by atoms with Gasteiger partial charge in [-0.15, -0.1) is 0 Å². The van der Waals surface area contributed by atoms with Crippen molar-refractivity contribution in [1.82, 2.24) is 15.6 Å². The Balaban J connectivity index is 1.48. The Morgan fingerprint density at radius 1 is 0.944 bits per heavy atom. The van der Waals surface area contributed by atoms with Crippen LogP contribution in [0.3, 0.4) is 0 Å². The maximum absolute atomic E-state index is 12.9. The van der Waals surface area contributed by atoms with E-state index in [9.17, 15) is 24.6 Å². The van der Waals surface area contributed by atoms with E-state index in [1.165, 1.54) is 24.4 Å². The number of benzene rings is 3. The second kappa shape index (κ2) is 10.5. The number of para-hydroxylation sites is 1. The van der Waals surface area contributed by atoms with Gasteiger partial charge in [0.2, 0.25) is 0 Å². The van der Waals surface area contributed by atoms with Crippen molar-refractivity contribution in [2.24, 2.45) is 0 Å². The topological polar surface area (TPSA) is 129 Å². The molecule has 0 saturated heterocycles. The van der Waals surface area contributed by atoms with Gasteiger partial charge in [-0.25, -0.2) is 4.79 Å². The molecule has 1 aromatic heterocycles. The summed E-state index contributed by atoms with van der Waals surface area (Å²) in [4.78, 5) is 41.5. The summed E-state index contributed by atoms with van der Waals surface area (Å²) in [5, 5.41) is 25.2. The van der Waals surface area contributed by atoms with Crippen LogP contribution in [0.4, 0.5) is 0 Å². The molecule has 0 fully saturated rings. The standard InChI is InChI=1S/C28H23N3O5/c1-17-11-21(26(33)30-15-18-5-4-7-22(32)13-18)9-10-23(17)27(34)31-25(28(35)36)14-19-12-20-6-2-3-8-24(20)29-16-19/h2-14,16,32H,15H2,1H3,(H,30,33)(H,31,34)(H,35,36)/b25-14-. The predicted octanol–water partition coefficient (Wildman–Crippen LogP) is 4.03. The van der Waals surface area contributed by atoms with E-state index in [0.29, 0.717) is 16.7 Å². The fourth-order valence-corrected chi connectivity index (χ4v) is 3.69. The summed E-state index contributed by atoms with van der Waals surface area (Å²) >= 11 is 0. The normalized spacial score (nSPS) is 11.2. The Bertz CT molecular complexity index is 1510. The summed E-state index contributed by atoms with van der Waals surface area (Å²) in [6.45, 7) is 1.89. The van der Waals surface area contributed by atoms with Gasteiger partial charge in [0.15, 0.2) is 0 Å². The van der Waals surface area contributed by atoms with E-state index in [1.807, 2.05) is 24.3 Å². The number of carboxylic acids is 1. The second-order valence-electron chi connectivity index (χ2n) is 8.16. The fourth-order valence-electron chi connectivity index (χ4n) is 3.69. The van der Waals surface area contributed by atoms with E-state index < -0.39 is 11.9 Å². The third-order valence-electron chi connectivity index (χ3n) is 5.50. The number of fused-ring (bicyclic) bond motifs is 1. The van der Waals surface area contributed by atoms with E-state index in [0.717, 1.165) is 16.5 Å². The number of carbonyl (C=O) groups is 3. The smallest absolute Gasteiger partial charge is 0.352 e. The number of aliphatic carboxylic acids is 1. The Kier molecular flexibility index (Phi) is 7.06. The average molecular weight is 482 g/mol. The minimum atomic E-state index is -1.29. The number of nitrogens with one attached hydrogen (secondary N) is 2. The second-order valence-corrected chi connectivity index (χ2v) is 8.16. The van der Waals surface area contributed by atoms with E-state index in [-0.39, 0.29) is 29.5 Å². The van der Waals surface area contributed by atoms with Crippen molar-refractivity contribution in [1.29, 1.82) is 0 Å². The fraction of sp³-hybridized carbons (Fsp3) is 0.0714. The number of aromatic nitrogens is 1. The van der Waals surface area contributed by atoms with Gasteiger partial charge in [0.1, 0.15) is 11.4 Å². The van der Waals surface area contributed by atoms with Crippen molar-refractivity contribution in [3.05, 3.63) is 113 Å². The van der Waals surface area contributed by atoms with Crippen molar-refractivity contribution in [2.45, 2.75) is 13.5 Å². The molecule has 0 spiro atoms. The Morgan fingerprint density at radius 3 is 2.50 bits per heavy atom. The molecule has 0 radical (unpaired) electrons. The summed E-state index contributed by atoms with van der Waals surface area (Å²) in [6, 6.07) is 20.3. The summed E-state index contributed by atoms with van der Waals surface area (Å²) in [7, 11) is 0. The lowest BCUT2D eigenvalue weighted by Gasteiger charge is -2.11. The number of aryl methyl sites for hydroxylation is 1. The first-order valence-electron chi connectivity index (χ1n) is 11.1. The van der Waals surface area contributed by atoms with Gasteiger partial charge in [-0.2, -0.15) is 0 Å². The predicted molar refractivity (Wildman–Crippen MR) is 135 cm³/mol. The highest BCUT2D eigenvalue weighted by atomic mass is 16.4.